The molecule has 0 aliphatic heterocycles. The van der Waals surface area contributed by atoms with Crippen molar-refractivity contribution in [3.63, 3.8) is 0 Å². The molecule has 0 atom stereocenters. The molecule has 0 aliphatic carbocycles. The van der Waals surface area contributed by atoms with Gasteiger partial charge in [0.2, 0.25) is 0 Å². The second-order valence-corrected chi connectivity index (χ2v) is 4.63. The average molecular weight is 342 g/mol. The van der Waals surface area contributed by atoms with Crippen LogP contribution in [0.4, 0.5) is 4.39 Å². The van der Waals surface area contributed by atoms with Crippen LogP contribution < -0.4 is 9.47 Å². The summed E-state index contributed by atoms with van der Waals surface area (Å²) in [6.07, 6.45) is 1.37. The fourth-order valence-corrected chi connectivity index (χ4v) is 1.77. The van der Waals surface area contributed by atoms with Gasteiger partial charge < -0.3 is 14.6 Å². The molecule has 0 saturated heterocycles. The molecule has 1 aromatic carbocycles. The van der Waals surface area contributed by atoms with Crippen molar-refractivity contribution < 1.29 is 23.8 Å². The summed E-state index contributed by atoms with van der Waals surface area (Å²) in [6.45, 7) is 0. The fraction of sp³-hybridized carbons (Fsp3) is 0.0769. The third kappa shape index (κ3) is 3.05. The zero-order valence-electron chi connectivity index (χ0n) is 10.3. The van der Waals surface area contributed by atoms with Crippen LogP contribution in [0, 0.1) is 5.82 Å². The Hall–Kier alpha value is -2.15. The van der Waals surface area contributed by atoms with E-state index in [0.717, 1.165) is 0 Å². The summed E-state index contributed by atoms with van der Waals surface area (Å²) in [6, 6.07) is 5.22. The number of ether oxygens (including phenoxy) is 2. The number of aromatic carboxylic acids is 1. The lowest BCUT2D eigenvalue weighted by atomic mass is 10.2. The van der Waals surface area contributed by atoms with Crippen LogP contribution in [0.5, 0.6) is 17.4 Å². The maximum Gasteiger partial charge on any atom is 0.335 e. The molecule has 1 N–H and O–H groups in total. The first-order valence-electron chi connectivity index (χ1n) is 5.41. The van der Waals surface area contributed by atoms with Gasteiger partial charge in [-0.1, -0.05) is 0 Å². The number of hydrogen-bond donors (Lipinski definition) is 1. The van der Waals surface area contributed by atoms with Gasteiger partial charge in [0.1, 0.15) is 0 Å². The molecule has 0 fully saturated rings. The summed E-state index contributed by atoms with van der Waals surface area (Å²) in [7, 11) is 1.40. The molecule has 0 radical (unpaired) electrons. The van der Waals surface area contributed by atoms with E-state index in [9.17, 15) is 9.18 Å². The van der Waals surface area contributed by atoms with Crippen molar-refractivity contribution in [3.05, 3.63) is 46.3 Å². The summed E-state index contributed by atoms with van der Waals surface area (Å²) in [5.74, 6) is -1.72. The molecular formula is C13H9BrFNO4. The SMILES string of the molecule is COc1ccc(C(=O)O)cc1Oc1ncc(Br)cc1F. The van der Waals surface area contributed by atoms with Gasteiger partial charge in [0, 0.05) is 10.7 Å². The summed E-state index contributed by atoms with van der Waals surface area (Å²) < 4.78 is 24.4. The van der Waals surface area contributed by atoms with Crippen molar-refractivity contribution in [2.75, 3.05) is 7.11 Å². The zero-order chi connectivity index (χ0) is 14.7. The quantitative estimate of drug-likeness (QED) is 0.921. The molecule has 0 bridgehead atoms. The van der Waals surface area contributed by atoms with Crippen LogP contribution >= 0.6 is 15.9 Å². The molecule has 1 heterocycles. The minimum Gasteiger partial charge on any atom is -0.493 e. The Balaban J connectivity index is 2.40. The normalized spacial score (nSPS) is 10.2. The van der Waals surface area contributed by atoms with Gasteiger partial charge in [0.05, 0.1) is 12.7 Å². The number of halogens is 2. The molecule has 0 amide bonds. The molecular weight excluding hydrogens is 333 g/mol. The van der Waals surface area contributed by atoms with Gasteiger partial charge in [-0.2, -0.15) is 0 Å². The molecule has 0 aliphatic rings. The average Bonchev–Trinajstić information content (AvgIpc) is 2.41. The molecule has 2 aromatic rings. The Kier molecular flexibility index (Phi) is 4.19. The largest absolute Gasteiger partial charge is 0.493 e. The van der Waals surface area contributed by atoms with E-state index >= 15 is 0 Å². The molecule has 2 rings (SSSR count). The van der Waals surface area contributed by atoms with Gasteiger partial charge >= 0.3 is 5.97 Å². The molecule has 20 heavy (non-hydrogen) atoms. The van der Waals surface area contributed by atoms with Gasteiger partial charge in [0.15, 0.2) is 17.3 Å². The maximum atomic E-state index is 13.7. The lowest BCUT2D eigenvalue weighted by Crippen LogP contribution is -1.99. The standard InChI is InChI=1S/C13H9BrFNO4/c1-19-10-3-2-7(13(17)18)4-11(10)20-12-9(15)5-8(14)6-16-12/h2-6H,1H3,(H,17,18). The Morgan fingerprint density at radius 2 is 2.10 bits per heavy atom. The van der Waals surface area contributed by atoms with Crippen LogP contribution in [0.3, 0.4) is 0 Å². The molecule has 0 spiro atoms. The third-order valence-corrected chi connectivity index (χ3v) is 2.82. The first-order valence-corrected chi connectivity index (χ1v) is 6.21. The van der Waals surface area contributed by atoms with E-state index in [0.29, 0.717) is 4.47 Å². The van der Waals surface area contributed by atoms with E-state index in [1.54, 1.807) is 0 Å². The van der Waals surface area contributed by atoms with Crippen LogP contribution in [0.1, 0.15) is 10.4 Å². The van der Waals surface area contributed by atoms with Gasteiger partial charge in [-0.15, -0.1) is 0 Å². The van der Waals surface area contributed by atoms with Crippen LogP contribution in [-0.2, 0) is 0 Å². The molecule has 1 aromatic heterocycles. The van der Waals surface area contributed by atoms with E-state index in [1.807, 2.05) is 0 Å². The van der Waals surface area contributed by atoms with Crippen molar-refractivity contribution in [1.82, 2.24) is 4.98 Å². The Morgan fingerprint density at radius 1 is 1.35 bits per heavy atom. The second kappa shape index (κ2) is 5.87. The summed E-state index contributed by atoms with van der Waals surface area (Å²) in [5.41, 5.74) is -0.00156. The maximum absolute atomic E-state index is 13.7. The summed E-state index contributed by atoms with van der Waals surface area (Å²) >= 11 is 3.08. The minimum absolute atomic E-state index is 0.00156. The molecule has 7 heteroatoms. The third-order valence-electron chi connectivity index (χ3n) is 2.39. The van der Waals surface area contributed by atoms with Crippen LogP contribution in [0.15, 0.2) is 34.9 Å². The Morgan fingerprint density at radius 3 is 2.70 bits per heavy atom. The number of carboxylic acid groups (broad SMARTS) is 1. The number of rotatable bonds is 4. The molecule has 0 unspecified atom stereocenters. The van der Waals surface area contributed by atoms with E-state index < -0.39 is 11.8 Å². The minimum atomic E-state index is -1.12. The highest BCUT2D eigenvalue weighted by atomic mass is 79.9. The van der Waals surface area contributed by atoms with Crippen molar-refractivity contribution in [2.24, 2.45) is 0 Å². The monoisotopic (exact) mass is 341 g/mol. The first kappa shape index (κ1) is 14.3. The number of aromatic nitrogens is 1. The zero-order valence-corrected chi connectivity index (χ0v) is 11.8. The Labute approximate surface area is 122 Å². The number of benzene rings is 1. The van der Waals surface area contributed by atoms with E-state index in [-0.39, 0.29) is 22.9 Å². The van der Waals surface area contributed by atoms with E-state index in [1.165, 1.54) is 37.6 Å². The van der Waals surface area contributed by atoms with E-state index in [2.05, 4.69) is 20.9 Å². The lowest BCUT2D eigenvalue weighted by Gasteiger charge is -2.10. The highest BCUT2D eigenvalue weighted by Crippen LogP contribution is 2.33. The number of methoxy groups -OCH3 is 1. The fourth-order valence-electron chi connectivity index (χ4n) is 1.47. The van der Waals surface area contributed by atoms with E-state index in [4.69, 9.17) is 14.6 Å². The number of hydrogen-bond acceptors (Lipinski definition) is 4. The van der Waals surface area contributed by atoms with Crippen LogP contribution in [0.25, 0.3) is 0 Å². The summed E-state index contributed by atoms with van der Waals surface area (Å²) in [5, 5.41) is 8.94. The van der Waals surface area contributed by atoms with Gasteiger partial charge in [-0.05, 0) is 40.2 Å². The highest BCUT2D eigenvalue weighted by Gasteiger charge is 2.14. The number of nitrogens with zero attached hydrogens (tertiary/aromatic N) is 1. The Bertz CT molecular complexity index is 663. The second-order valence-electron chi connectivity index (χ2n) is 3.71. The van der Waals surface area contributed by atoms with Crippen molar-refractivity contribution >= 4 is 21.9 Å². The topological polar surface area (TPSA) is 68.7 Å². The molecule has 104 valence electrons. The van der Waals surface area contributed by atoms with Gasteiger partial charge in [-0.25, -0.2) is 14.2 Å². The first-order chi connectivity index (χ1) is 9.51. The van der Waals surface area contributed by atoms with Crippen molar-refractivity contribution in [2.45, 2.75) is 0 Å². The number of pyridine rings is 1. The van der Waals surface area contributed by atoms with Crippen molar-refractivity contribution in [1.29, 1.82) is 0 Å². The lowest BCUT2D eigenvalue weighted by molar-refractivity contribution is 0.0696. The predicted octanol–water partition coefficient (Wildman–Crippen LogP) is 3.48. The van der Waals surface area contributed by atoms with Crippen molar-refractivity contribution in [3.8, 4) is 17.4 Å². The van der Waals surface area contributed by atoms with Crippen LogP contribution in [-0.4, -0.2) is 23.2 Å². The number of carboxylic acids is 1. The number of carbonyl (C=O) groups is 1. The molecule has 5 nitrogen and oxygen atoms in total. The molecule has 0 saturated carbocycles. The van der Waals surface area contributed by atoms with Gasteiger partial charge in [-0.3, -0.25) is 0 Å². The van der Waals surface area contributed by atoms with Gasteiger partial charge in [0.25, 0.3) is 5.88 Å². The highest BCUT2D eigenvalue weighted by molar-refractivity contribution is 9.10. The smallest absolute Gasteiger partial charge is 0.335 e. The predicted molar refractivity (Wildman–Crippen MR) is 71.9 cm³/mol. The summed E-state index contributed by atoms with van der Waals surface area (Å²) in [4.78, 5) is 14.7. The van der Waals surface area contributed by atoms with Crippen LogP contribution in [0.2, 0.25) is 0 Å².